The number of anilines is 1. The number of aryl methyl sites for hydroxylation is 3. The number of carbonyl (C=O) groups excluding carboxylic acids is 1. The van der Waals surface area contributed by atoms with Gasteiger partial charge in [-0.1, -0.05) is 30.3 Å². The number of rotatable bonds is 7. The SMILES string of the molecule is Cc1cccc(C)c1-n1c(C)cc(/C=N\NC(=O)CN(c2ccccc2F)S(C)(=O)=O)c1C. The maximum Gasteiger partial charge on any atom is 0.260 e. The number of hydrogen-bond donors (Lipinski definition) is 1. The molecule has 0 spiro atoms. The molecule has 2 aromatic carbocycles. The molecule has 174 valence electrons. The molecule has 0 fully saturated rings. The van der Waals surface area contributed by atoms with Crippen molar-refractivity contribution >= 4 is 27.8 Å². The summed E-state index contributed by atoms with van der Waals surface area (Å²) in [7, 11) is -3.88. The van der Waals surface area contributed by atoms with Gasteiger partial charge >= 0.3 is 0 Å². The molecule has 1 aromatic heterocycles. The summed E-state index contributed by atoms with van der Waals surface area (Å²) in [5.41, 5.74) is 8.30. The van der Waals surface area contributed by atoms with Gasteiger partial charge in [-0.05, 0) is 57.0 Å². The molecule has 0 aliphatic carbocycles. The van der Waals surface area contributed by atoms with Crippen LogP contribution >= 0.6 is 0 Å². The summed E-state index contributed by atoms with van der Waals surface area (Å²) in [5.74, 6) is -1.43. The fourth-order valence-corrected chi connectivity index (χ4v) is 4.65. The van der Waals surface area contributed by atoms with Crippen molar-refractivity contribution in [3.8, 4) is 5.69 Å². The van der Waals surface area contributed by atoms with Crippen molar-refractivity contribution in [3.05, 3.63) is 82.4 Å². The zero-order valence-corrected chi connectivity index (χ0v) is 20.1. The maximum absolute atomic E-state index is 14.1. The molecule has 3 aromatic rings. The van der Waals surface area contributed by atoms with E-state index in [1.807, 2.05) is 26.0 Å². The molecule has 9 heteroatoms. The molecule has 0 aliphatic rings. The van der Waals surface area contributed by atoms with E-state index in [9.17, 15) is 17.6 Å². The Morgan fingerprint density at radius 3 is 2.33 bits per heavy atom. The third kappa shape index (κ3) is 5.31. The minimum Gasteiger partial charge on any atom is -0.317 e. The Morgan fingerprint density at radius 2 is 1.73 bits per heavy atom. The number of hydrogen-bond acceptors (Lipinski definition) is 4. The maximum atomic E-state index is 14.1. The first-order valence-electron chi connectivity index (χ1n) is 10.3. The Bertz CT molecular complexity index is 1310. The molecule has 0 aliphatic heterocycles. The summed E-state index contributed by atoms with van der Waals surface area (Å²) < 4.78 is 41.2. The molecule has 0 unspecified atom stereocenters. The van der Waals surface area contributed by atoms with Gasteiger partial charge in [0.1, 0.15) is 12.4 Å². The van der Waals surface area contributed by atoms with E-state index in [4.69, 9.17) is 0 Å². The van der Waals surface area contributed by atoms with Crippen LogP contribution < -0.4 is 9.73 Å². The van der Waals surface area contributed by atoms with E-state index < -0.39 is 28.3 Å². The number of nitrogens with zero attached hydrogens (tertiary/aromatic N) is 3. The fraction of sp³-hybridized carbons (Fsp3) is 0.250. The number of nitrogens with one attached hydrogen (secondary N) is 1. The van der Waals surface area contributed by atoms with Crippen molar-refractivity contribution in [2.24, 2.45) is 5.10 Å². The van der Waals surface area contributed by atoms with Crippen LogP contribution in [0.5, 0.6) is 0 Å². The summed E-state index contributed by atoms with van der Waals surface area (Å²) in [4.78, 5) is 12.4. The molecule has 0 saturated carbocycles. The van der Waals surface area contributed by atoms with Gasteiger partial charge in [-0.15, -0.1) is 0 Å². The number of hydrazone groups is 1. The monoisotopic (exact) mass is 470 g/mol. The van der Waals surface area contributed by atoms with Gasteiger partial charge in [0.25, 0.3) is 5.91 Å². The lowest BCUT2D eigenvalue weighted by Crippen LogP contribution is -2.39. The van der Waals surface area contributed by atoms with E-state index in [2.05, 4.69) is 41.1 Å². The van der Waals surface area contributed by atoms with Gasteiger partial charge in [0, 0.05) is 17.0 Å². The smallest absolute Gasteiger partial charge is 0.260 e. The van der Waals surface area contributed by atoms with Crippen LogP contribution in [-0.2, 0) is 14.8 Å². The van der Waals surface area contributed by atoms with Crippen molar-refractivity contribution in [1.29, 1.82) is 0 Å². The summed E-state index contributed by atoms with van der Waals surface area (Å²) in [6, 6.07) is 13.5. The summed E-state index contributed by atoms with van der Waals surface area (Å²) in [6.45, 7) is 7.47. The molecule has 3 rings (SSSR count). The van der Waals surface area contributed by atoms with Crippen molar-refractivity contribution in [3.63, 3.8) is 0 Å². The molecule has 7 nitrogen and oxygen atoms in total. The molecule has 1 amide bonds. The van der Waals surface area contributed by atoms with Gasteiger partial charge in [0.15, 0.2) is 0 Å². The van der Waals surface area contributed by atoms with Crippen molar-refractivity contribution in [2.45, 2.75) is 27.7 Å². The van der Waals surface area contributed by atoms with Crippen molar-refractivity contribution < 1.29 is 17.6 Å². The average molecular weight is 471 g/mol. The summed E-state index contributed by atoms with van der Waals surface area (Å²) in [5, 5.41) is 3.99. The first-order valence-corrected chi connectivity index (χ1v) is 12.1. The van der Waals surface area contributed by atoms with E-state index >= 15 is 0 Å². The Labute approximate surface area is 193 Å². The van der Waals surface area contributed by atoms with Crippen LogP contribution in [0.4, 0.5) is 10.1 Å². The molecule has 1 N–H and O–H groups in total. The lowest BCUT2D eigenvalue weighted by Gasteiger charge is -2.21. The Hall–Kier alpha value is -3.46. The highest BCUT2D eigenvalue weighted by atomic mass is 32.2. The Morgan fingerprint density at radius 1 is 1.09 bits per heavy atom. The van der Waals surface area contributed by atoms with Crippen LogP contribution in [0.3, 0.4) is 0 Å². The third-order valence-electron chi connectivity index (χ3n) is 5.33. The minimum absolute atomic E-state index is 0.198. The van der Waals surface area contributed by atoms with Gasteiger partial charge in [0.2, 0.25) is 10.0 Å². The molecule has 0 atom stereocenters. The average Bonchev–Trinajstić information content (AvgIpc) is 3.00. The molecular formula is C24H27FN4O3S. The second-order valence-corrected chi connectivity index (χ2v) is 9.82. The Balaban J connectivity index is 1.79. The molecule has 0 saturated heterocycles. The first kappa shape index (κ1) is 24.2. The normalized spacial score (nSPS) is 11.7. The van der Waals surface area contributed by atoms with Crippen LogP contribution in [0.15, 0.2) is 53.6 Å². The summed E-state index contributed by atoms with van der Waals surface area (Å²) >= 11 is 0. The van der Waals surface area contributed by atoms with E-state index in [0.717, 1.165) is 46.1 Å². The zero-order valence-electron chi connectivity index (χ0n) is 19.3. The largest absolute Gasteiger partial charge is 0.317 e. The second kappa shape index (κ2) is 9.58. The first-order chi connectivity index (χ1) is 15.5. The lowest BCUT2D eigenvalue weighted by atomic mass is 10.1. The molecular weight excluding hydrogens is 443 g/mol. The topological polar surface area (TPSA) is 83.8 Å². The van der Waals surface area contributed by atoms with E-state index in [-0.39, 0.29) is 5.69 Å². The zero-order chi connectivity index (χ0) is 24.3. The number of halogens is 1. The molecule has 33 heavy (non-hydrogen) atoms. The van der Waals surface area contributed by atoms with Gasteiger partial charge in [-0.25, -0.2) is 18.2 Å². The van der Waals surface area contributed by atoms with Crippen LogP contribution in [0.25, 0.3) is 5.69 Å². The highest BCUT2D eigenvalue weighted by Crippen LogP contribution is 2.25. The highest BCUT2D eigenvalue weighted by Gasteiger charge is 2.23. The van der Waals surface area contributed by atoms with Crippen molar-refractivity contribution in [2.75, 3.05) is 17.1 Å². The second-order valence-electron chi connectivity index (χ2n) is 7.92. The quantitative estimate of drug-likeness (QED) is 0.422. The van der Waals surface area contributed by atoms with Crippen molar-refractivity contribution in [1.82, 2.24) is 9.99 Å². The number of para-hydroxylation sites is 2. The molecule has 0 radical (unpaired) electrons. The van der Waals surface area contributed by atoms with E-state index in [0.29, 0.717) is 4.31 Å². The van der Waals surface area contributed by atoms with Crippen LogP contribution in [0, 0.1) is 33.5 Å². The predicted octanol–water partition coefficient (Wildman–Crippen LogP) is 3.77. The number of benzene rings is 2. The van der Waals surface area contributed by atoms with Crippen LogP contribution in [-0.4, -0.2) is 37.9 Å². The number of aromatic nitrogens is 1. The van der Waals surface area contributed by atoms with Crippen LogP contribution in [0.1, 0.15) is 28.1 Å². The Kier molecular flexibility index (Phi) is 7.02. The van der Waals surface area contributed by atoms with Gasteiger partial charge in [0.05, 0.1) is 23.8 Å². The van der Waals surface area contributed by atoms with Gasteiger partial charge in [-0.2, -0.15) is 5.10 Å². The van der Waals surface area contributed by atoms with Gasteiger partial charge in [-0.3, -0.25) is 9.10 Å². The minimum atomic E-state index is -3.88. The van der Waals surface area contributed by atoms with E-state index in [1.165, 1.54) is 24.4 Å². The standard InChI is InChI=1S/C24H27FN4O3S/c1-16-9-8-10-17(2)24(16)29-18(3)13-20(19(29)4)14-26-27-23(30)15-28(33(5,31)32)22-12-7-6-11-21(22)25/h6-14H,15H2,1-5H3,(H,27,30)/b26-14-. The fourth-order valence-electron chi connectivity index (χ4n) is 3.80. The highest BCUT2D eigenvalue weighted by molar-refractivity contribution is 7.92. The summed E-state index contributed by atoms with van der Waals surface area (Å²) in [6.07, 6.45) is 2.43. The van der Waals surface area contributed by atoms with Crippen LogP contribution in [0.2, 0.25) is 0 Å². The number of sulfonamides is 1. The third-order valence-corrected chi connectivity index (χ3v) is 6.46. The number of carbonyl (C=O) groups is 1. The van der Waals surface area contributed by atoms with E-state index in [1.54, 1.807) is 0 Å². The van der Waals surface area contributed by atoms with Gasteiger partial charge < -0.3 is 4.57 Å². The predicted molar refractivity (Wildman–Crippen MR) is 129 cm³/mol. The lowest BCUT2D eigenvalue weighted by molar-refractivity contribution is -0.119. The molecule has 0 bridgehead atoms. The number of amides is 1. The molecule has 1 heterocycles.